The second kappa shape index (κ2) is 5.80. The topological polar surface area (TPSA) is 38.8 Å². The molecule has 0 heterocycles. The largest absolute Gasteiger partial charge is 0.497 e. The van der Waals surface area contributed by atoms with Gasteiger partial charge in [-0.15, -0.1) is 0 Å². The molecule has 0 amide bonds. The van der Waals surface area contributed by atoms with E-state index in [1.54, 1.807) is 18.2 Å². The lowest BCUT2D eigenvalue weighted by molar-refractivity contribution is -0.134. The molecular weight excluding hydrogens is 206 g/mol. The van der Waals surface area contributed by atoms with Gasteiger partial charge in [0.1, 0.15) is 5.75 Å². The predicted octanol–water partition coefficient (Wildman–Crippen LogP) is 1.82. The monoisotopic (exact) mass is 221 g/mol. The summed E-state index contributed by atoms with van der Waals surface area (Å²) in [6.07, 6.45) is 3.00. The first-order valence-corrected chi connectivity index (χ1v) is 4.80. The lowest BCUT2D eigenvalue weighted by atomic mass is 10.3. The second-order valence-electron chi connectivity index (χ2n) is 3.15. The number of methoxy groups -OCH3 is 2. The van der Waals surface area contributed by atoms with E-state index in [2.05, 4.69) is 4.74 Å². The van der Waals surface area contributed by atoms with Crippen LogP contribution in [0, 0.1) is 0 Å². The van der Waals surface area contributed by atoms with Crippen LogP contribution in [0.15, 0.2) is 36.5 Å². The van der Waals surface area contributed by atoms with E-state index in [4.69, 9.17) is 4.74 Å². The normalized spacial score (nSPS) is 10.2. The fourth-order valence-electron chi connectivity index (χ4n) is 1.16. The maximum atomic E-state index is 10.9. The van der Waals surface area contributed by atoms with Gasteiger partial charge in [0, 0.05) is 31.1 Å². The van der Waals surface area contributed by atoms with Gasteiger partial charge in [0.05, 0.1) is 14.2 Å². The Morgan fingerprint density at radius 1 is 1.38 bits per heavy atom. The van der Waals surface area contributed by atoms with Crippen LogP contribution in [0.3, 0.4) is 0 Å². The SMILES string of the molecule is COC(=O)C=CN(C)c1cccc(OC)c1. The smallest absolute Gasteiger partial charge is 0.331 e. The number of esters is 1. The van der Waals surface area contributed by atoms with Crippen molar-refractivity contribution in [2.24, 2.45) is 0 Å². The molecule has 86 valence electrons. The number of nitrogens with zero attached hydrogens (tertiary/aromatic N) is 1. The van der Waals surface area contributed by atoms with Crippen molar-refractivity contribution in [2.45, 2.75) is 0 Å². The van der Waals surface area contributed by atoms with Crippen LogP contribution in [0.4, 0.5) is 5.69 Å². The van der Waals surface area contributed by atoms with Crippen LogP contribution in [-0.4, -0.2) is 27.2 Å². The summed E-state index contributed by atoms with van der Waals surface area (Å²) in [6, 6.07) is 7.55. The van der Waals surface area contributed by atoms with E-state index in [-0.39, 0.29) is 5.97 Å². The van der Waals surface area contributed by atoms with Gasteiger partial charge in [0.25, 0.3) is 0 Å². The van der Waals surface area contributed by atoms with E-state index in [9.17, 15) is 4.79 Å². The van der Waals surface area contributed by atoms with Crippen molar-refractivity contribution >= 4 is 11.7 Å². The molecule has 1 aromatic carbocycles. The molecule has 0 aliphatic heterocycles. The Balaban J connectivity index is 2.75. The first-order chi connectivity index (χ1) is 7.67. The highest BCUT2D eigenvalue weighted by Gasteiger charge is 1.99. The van der Waals surface area contributed by atoms with Crippen LogP contribution in [0.2, 0.25) is 0 Å². The Morgan fingerprint density at radius 2 is 2.12 bits per heavy atom. The quantitative estimate of drug-likeness (QED) is 0.574. The number of ether oxygens (including phenoxy) is 2. The van der Waals surface area contributed by atoms with Gasteiger partial charge >= 0.3 is 5.97 Å². The highest BCUT2D eigenvalue weighted by molar-refractivity contribution is 5.82. The van der Waals surface area contributed by atoms with Crippen LogP contribution in [0.5, 0.6) is 5.75 Å². The van der Waals surface area contributed by atoms with E-state index < -0.39 is 0 Å². The summed E-state index contributed by atoms with van der Waals surface area (Å²) in [5, 5.41) is 0. The van der Waals surface area contributed by atoms with E-state index in [1.807, 2.05) is 31.3 Å². The van der Waals surface area contributed by atoms with Crippen molar-refractivity contribution in [3.05, 3.63) is 36.5 Å². The molecule has 0 N–H and O–H groups in total. The molecule has 0 aromatic heterocycles. The fourth-order valence-corrected chi connectivity index (χ4v) is 1.16. The minimum Gasteiger partial charge on any atom is -0.497 e. The molecule has 0 atom stereocenters. The number of hydrogen-bond donors (Lipinski definition) is 0. The third kappa shape index (κ3) is 3.31. The Kier molecular flexibility index (Phi) is 4.39. The van der Waals surface area contributed by atoms with Crippen molar-refractivity contribution in [3.8, 4) is 5.75 Å². The molecule has 0 aliphatic rings. The van der Waals surface area contributed by atoms with Gasteiger partial charge in [-0.2, -0.15) is 0 Å². The summed E-state index contributed by atoms with van der Waals surface area (Å²) in [5.74, 6) is 0.394. The minimum atomic E-state index is -0.380. The molecule has 0 unspecified atom stereocenters. The Morgan fingerprint density at radius 3 is 2.75 bits per heavy atom. The molecule has 0 fully saturated rings. The number of anilines is 1. The lowest BCUT2D eigenvalue weighted by Crippen LogP contribution is -2.09. The van der Waals surface area contributed by atoms with Gasteiger partial charge < -0.3 is 14.4 Å². The number of carbonyl (C=O) groups excluding carboxylic acids is 1. The van der Waals surface area contributed by atoms with E-state index in [1.165, 1.54) is 13.2 Å². The second-order valence-corrected chi connectivity index (χ2v) is 3.15. The molecule has 0 saturated carbocycles. The summed E-state index contributed by atoms with van der Waals surface area (Å²) >= 11 is 0. The van der Waals surface area contributed by atoms with E-state index in [0.717, 1.165) is 11.4 Å². The zero-order chi connectivity index (χ0) is 12.0. The van der Waals surface area contributed by atoms with Gasteiger partial charge in [0.2, 0.25) is 0 Å². The van der Waals surface area contributed by atoms with Gasteiger partial charge in [-0.1, -0.05) is 6.07 Å². The zero-order valence-electron chi connectivity index (χ0n) is 9.64. The van der Waals surface area contributed by atoms with Gasteiger partial charge in [0.15, 0.2) is 0 Å². The van der Waals surface area contributed by atoms with Crippen molar-refractivity contribution in [3.63, 3.8) is 0 Å². The molecule has 4 nitrogen and oxygen atoms in total. The molecule has 0 saturated heterocycles. The van der Waals surface area contributed by atoms with Gasteiger partial charge in [-0.25, -0.2) is 4.79 Å². The van der Waals surface area contributed by atoms with Crippen LogP contribution >= 0.6 is 0 Å². The highest BCUT2D eigenvalue weighted by Crippen LogP contribution is 2.19. The maximum Gasteiger partial charge on any atom is 0.331 e. The molecule has 1 aromatic rings. The third-order valence-electron chi connectivity index (χ3n) is 2.10. The minimum absolute atomic E-state index is 0.380. The summed E-state index contributed by atoms with van der Waals surface area (Å²) in [6.45, 7) is 0. The molecule has 0 aliphatic carbocycles. The first-order valence-electron chi connectivity index (χ1n) is 4.80. The Labute approximate surface area is 95.1 Å². The number of hydrogen-bond acceptors (Lipinski definition) is 4. The van der Waals surface area contributed by atoms with Gasteiger partial charge in [-0.3, -0.25) is 0 Å². The van der Waals surface area contributed by atoms with E-state index >= 15 is 0 Å². The highest BCUT2D eigenvalue weighted by atomic mass is 16.5. The van der Waals surface area contributed by atoms with Crippen molar-refractivity contribution in [2.75, 3.05) is 26.2 Å². The first kappa shape index (κ1) is 12.1. The van der Waals surface area contributed by atoms with Crippen LogP contribution in [-0.2, 0) is 9.53 Å². The molecule has 16 heavy (non-hydrogen) atoms. The van der Waals surface area contributed by atoms with Crippen LogP contribution in [0.25, 0.3) is 0 Å². The molecule has 4 heteroatoms. The predicted molar refractivity (Wildman–Crippen MR) is 62.6 cm³/mol. The van der Waals surface area contributed by atoms with Crippen LogP contribution < -0.4 is 9.64 Å². The number of carbonyl (C=O) groups is 1. The maximum absolute atomic E-state index is 10.9. The molecular formula is C12H15NO3. The number of rotatable bonds is 4. The summed E-state index contributed by atoms with van der Waals surface area (Å²) in [7, 11) is 4.80. The molecule has 1 rings (SSSR count). The molecule has 0 radical (unpaired) electrons. The van der Waals surface area contributed by atoms with E-state index in [0.29, 0.717) is 0 Å². The van der Waals surface area contributed by atoms with Crippen molar-refractivity contribution in [1.82, 2.24) is 0 Å². The average Bonchev–Trinajstić information content (AvgIpc) is 2.35. The zero-order valence-corrected chi connectivity index (χ0v) is 9.64. The average molecular weight is 221 g/mol. The molecule has 0 bridgehead atoms. The van der Waals surface area contributed by atoms with Gasteiger partial charge in [-0.05, 0) is 12.1 Å². The Hall–Kier alpha value is -1.97. The number of benzene rings is 1. The summed E-state index contributed by atoms with van der Waals surface area (Å²) < 4.78 is 9.61. The van der Waals surface area contributed by atoms with Crippen molar-refractivity contribution < 1.29 is 14.3 Å². The standard InChI is InChI=1S/C12H15NO3/c1-13(8-7-12(14)16-3)10-5-4-6-11(9-10)15-2/h4-9H,1-3H3. The summed E-state index contributed by atoms with van der Waals surface area (Å²) in [5.41, 5.74) is 0.930. The fraction of sp³-hybridized carbons (Fsp3) is 0.250. The Bertz CT molecular complexity index is 388. The lowest BCUT2D eigenvalue weighted by Gasteiger charge is -2.14. The van der Waals surface area contributed by atoms with Crippen molar-refractivity contribution in [1.29, 1.82) is 0 Å². The third-order valence-corrected chi connectivity index (χ3v) is 2.10. The van der Waals surface area contributed by atoms with Crippen LogP contribution in [0.1, 0.15) is 0 Å². The molecule has 0 spiro atoms. The summed E-state index contributed by atoms with van der Waals surface area (Å²) in [4.78, 5) is 12.7.